The molecule has 0 aliphatic carbocycles. The van der Waals surface area contributed by atoms with Gasteiger partial charge in [0.05, 0.1) is 0 Å². The van der Waals surface area contributed by atoms with E-state index >= 15 is 0 Å². The molecule has 86 valence electrons. The third kappa shape index (κ3) is 2.61. The minimum atomic E-state index is 0.423. The van der Waals surface area contributed by atoms with E-state index in [9.17, 15) is 0 Å². The average molecular weight is 227 g/mol. The Morgan fingerprint density at radius 1 is 1.41 bits per heavy atom. The van der Waals surface area contributed by atoms with Crippen LogP contribution in [-0.4, -0.2) is 21.1 Å². The van der Waals surface area contributed by atoms with Crippen molar-refractivity contribution in [1.82, 2.24) is 14.5 Å². The normalized spacial score (nSPS) is 9.88. The number of anilines is 1. The largest absolute Gasteiger partial charge is 0.370 e. The van der Waals surface area contributed by atoms with Gasteiger partial charge in [-0.3, -0.25) is 0 Å². The zero-order valence-corrected chi connectivity index (χ0v) is 9.59. The Labute approximate surface area is 99.7 Å². The van der Waals surface area contributed by atoms with E-state index in [1.54, 1.807) is 18.6 Å². The molecule has 0 aliphatic heterocycles. The molecule has 0 bridgehead atoms. The summed E-state index contributed by atoms with van der Waals surface area (Å²) in [5, 5.41) is 12.0. The van der Waals surface area contributed by atoms with Crippen LogP contribution in [0.3, 0.4) is 0 Å². The lowest BCUT2D eigenvalue weighted by Crippen LogP contribution is -2.04. The van der Waals surface area contributed by atoms with Crippen LogP contribution in [0.2, 0.25) is 0 Å². The van der Waals surface area contributed by atoms with Crippen LogP contribution in [0.1, 0.15) is 18.3 Å². The number of nitriles is 1. The van der Waals surface area contributed by atoms with Gasteiger partial charge in [0.15, 0.2) is 0 Å². The van der Waals surface area contributed by atoms with Crippen molar-refractivity contribution in [2.45, 2.75) is 13.5 Å². The molecule has 2 aromatic rings. The lowest BCUT2D eigenvalue weighted by Gasteiger charge is -2.06. The van der Waals surface area contributed by atoms with Crippen molar-refractivity contribution in [3.8, 4) is 6.07 Å². The molecule has 0 atom stereocenters. The van der Waals surface area contributed by atoms with Crippen LogP contribution in [0, 0.1) is 11.3 Å². The molecule has 0 saturated carbocycles. The molecule has 0 spiro atoms. The topological polar surface area (TPSA) is 66.5 Å². The molecule has 17 heavy (non-hydrogen) atoms. The summed E-state index contributed by atoms with van der Waals surface area (Å²) in [6.07, 6.45) is 5.19. The minimum Gasteiger partial charge on any atom is -0.370 e. The maximum absolute atomic E-state index is 8.87. The summed E-state index contributed by atoms with van der Waals surface area (Å²) in [7, 11) is 0. The Balaban J connectivity index is 2.19. The van der Waals surface area contributed by atoms with Gasteiger partial charge >= 0.3 is 0 Å². The molecule has 5 heteroatoms. The second kappa shape index (κ2) is 5.12. The summed E-state index contributed by atoms with van der Waals surface area (Å²) in [5.41, 5.74) is 1.09. The first-order chi connectivity index (χ1) is 8.33. The van der Waals surface area contributed by atoms with Crippen molar-refractivity contribution in [3.05, 3.63) is 42.1 Å². The van der Waals surface area contributed by atoms with E-state index in [1.165, 1.54) is 0 Å². The van der Waals surface area contributed by atoms with E-state index < -0.39 is 0 Å². The van der Waals surface area contributed by atoms with Crippen LogP contribution < -0.4 is 5.32 Å². The maximum atomic E-state index is 8.87. The Morgan fingerprint density at radius 3 is 3.06 bits per heavy atom. The fraction of sp³-hybridized carbons (Fsp3) is 0.250. The summed E-state index contributed by atoms with van der Waals surface area (Å²) in [4.78, 5) is 8.16. The first-order valence-electron chi connectivity index (χ1n) is 5.43. The van der Waals surface area contributed by atoms with Crippen LogP contribution in [0.15, 0.2) is 30.7 Å². The van der Waals surface area contributed by atoms with Gasteiger partial charge in [-0.1, -0.05) is 0 Å². The second-order valence-corrected chi connectivity index (χ2v) is 3.57. The van der Waals surface area contributed by atoms with Crippen molar-refractivity contribution >= 4 is 5.82 Å². The Hall–Kier alpha value is -2.35. The molecule has 2 rings (SSSR count). The fourth-order valence-corrected chi connectivity index (χ4v) is 1.60. The van der Waals surface area contributed by atoms with Gasteiger partial charge in [0.2, 0.25) is 5.82 Å². The molecule has 2 aromatic heterocycles. The van der Waals surface area contributed by atoms with Gasteiger partial charge in [-0.05, 0) is 24.6 Å². The van der Waals surface area contributed by atoms with E-state index in [-0.39, 0.29) is 0 Å². The van der Waals surface area contributed by atoms with Gasteiger partial charge in [-0.25, -0.2) is 9.97 Å². The predicted molar refractivity (Wildman–Crippen MR) is 64.4 cm³/mol. The number of nitrogens with zero attached hydrogens (tertiary/aromatic N) is 4. The van der Waals surface area contributed by atoms with E-state index in [0.29, 0.717) is 12.4 Å². The molecular formula is C12H13N5. The smallest absolute Gasteiger partial charge is 0.213 e. The molecule has 5 nitrogen and oxygen atoms in total. The second-order valence-electron chi connectivity index (χ2n) is 3.57. The summed E-state index contributed by atoms with van der Waals surface area (Å²) < 4.78 is 1.81. The lowest BCUT2D eigenvalue weighted by molar-refractivity contribution is 0.781. The van der Waals surface area contributed by atoms with E-state index in [1.807, 2.05) is 23.6 Å². The molecule has 2 heterocycles. The monoisotopic (exact) mass is 227 g/mol. The molecule has 0 aliphatic rings. The number of imidazole rings is 1. The summed E-state index contributed by atoms with van der Waals surface area (Å²) in [5.74, 6) is 1.27. The Morgan fingerprint density at radius 2 is 2.29 bits per heavy atom. The highest BCUT2D eigenvalue weighted by Crippen LogP contribution is 2.09. The van der Waals surface area contributed by atoms with Crippen molar-refractivity contribution in [1.29, 1.82) is 5.26 Å². The van der Waals surface area contributed by atoms with Crippen molar-refractivity contribution < 1.29 is 0 Å². The maximum Gasteiger partial charge on any atom is 0.213 e. The molecule has 0 aromatic carbocycles. The number of rotatable bonds is 4. The van der Waals surface area contributed by atoms with Gasteiger partial charge in [0.1, 0.15) is 11.9 Å². The SMILES string of the molecule is CCNc1cc(Cn2ccnc2C#N)ccn1. The van der Waals surface area contributed by atoms with Crippen LogP contribution in [0.5, 0.6) is 0 Å². The van der Waals surface area contributed by atoms with E-state index in [0.717, 1.165) is 17.9 Å². The van der Waals surface area contributed by atoms with Gasteiger partial charge in [0.25, 0.3) is 0 Å². The number of nitrogens with one attached hydrogen (secondary N) is 1. The van der Waals surface area contributed by atoms with Gasteiger partial charge in [-0.2, -0.15) is 5.26 Å². The molecule has 1 N–H and O–H groups in total. The lowest BCUT2D eigenvalue weighted by atomic mass is 10.2. The minimum absolute atomic E-state index is 0.423. The molecule has 0 amide bonds. The third-order valence-electron chi connectivity index (χ3n) is 2.35. The van der Waals surface area contributed by atoms with E-state index in [2.05, 4.69) is 21.4 Å². The van der Waals surface area contributed by atoms with Crippen LogP contribution in [0.25, 0.3) is 0 Å². The standard InChI is InChI=1S/C12H13N5/c1-2-14-11-7-10(3-4-15-11)9-17-6-5-16-12(17)8-13/h3-7H,2,9H2,1H3,(H,14,15). The van der Waals surface area contributed by atoms with Gasteiger partial charge in [0, 0.05) is 31.7 Å². The van der Waals surface area contributed by atoms with Crippen LogP contribution in [-0.2, 0) is 6.54 Å². The summed E-state index contributed by atoms with van der Waals surface area (Å²) in [6.45, 7) is 3.49. The van der Waals surface area contributed by atoms with Crippen molar-refractivity contribution in [2.24, 2.45) is 0 Å². The summed E-state index contributed by atoms with van der Waals surface area (Å²) in [6, 6.07) is 5.97. The fourth-order valence-electron chi connectivity index (χ4n) is 1.60. The predicted octanol–water partition coefficient (Wildman–Crippen LogP) is 1.63. The Kier molecular flexibility index (Phi) is 3.36. The highest BCUT2D eigenvalue weighted by molar-refractivity contribution is 5.37. The zero-order chi connectivity index (χ0) is 12.1. The number of pyridine rings is 1. The molecule has 0 saturated heterocycles. The number of hydrogen-bond acceptors (Lipinski definition) is 4. The number of hydrogen-bond donors (Lipinski definition) is 1. The van der Waals surface area contributed by atoms with Gasteiger partial charge < -0.3 is 9.88 Å². The van der Waals surface area contributed by atoms with E-state index in [4.69, 9.17) is 5.26 Å². The molecular weight excluding hydrogens is 214 g/mol. The highest BCUT2D eigenvalue weighted by atomic mass is 15.1. The molecule has 0 radical (unpaired) electrons. The number of aromatic nitrogens is 3. The summed E-state index contributed by atoms with van der Waals surface area (Å²) >= 11 is 0. The third-order valence-corrected chi connectivity index (χ3v) is 2.35. The highest BCUT2D eigenvalue weighted by Gasteiger charge is 2.02. The molecule has 0 fully saturated rings. The molecule has 0 unspecified atom stereocenters. The Bertz CT molecular complexity index is 538. The van der Waals surface area contributed by atoms with Crippen LogP contribution in [0.4, 0.5) is 5.82 Å². The quantitative estimate of drug-likeness (QED) is 0.862. The van der Waals surface area contributed by atoms with Crippen LogP contribution >= 0.6 is 0 Å². The average Bonchev–Trinajstić information content (AvgIpc) is 2.77. The van der Waals surface area contributed by atoms with Gasteiger partial charge in [-0.15, -0.1) is 0 Å². The van der Waals surface area contributed by atoms with Crippen molar-refractivity contribution in [3.63, 3.8) is 0 Å². The zero-order valence-electron chi connectivity index (χ0n) is 9.59. The first-order valence-corrected chi connectivity index (χ1v) is 5.43. The first kappa shape index (κ1) is 11.1. The van der Waals surface area contributed by atoms with Crippen molar-refractivity contribution in [2.75, 3.05) is 11.9 Å².